The zero-order valence-electron chi connectivity index (χ0n) is 21.1. The summed E-state index contributed by atoms with van der Waals surface area (Å²) in [5.41, 5.74) is 13.4. The predicted octanol–water partition coefficient (Wildman–Crippen LogP) is 0.487. The van der Waals surface area contributed by atoms with Gasteiger partial charge in [-0.05, 0) is 50.3 Å². The van der Waals surface area contributed by atoms with Crippen LogP contribution in [0.3, 0.4) is 0 Å². The maximum Gasteiger partial charge on any atom is 0.325 e. The Morgan fingerprint density at radius 2 is 1.27 bits per heavy atom. The molecule has 0 heterocycles. The van der Waals surface area contributed by atoms with Gasteiger partial charge >= 0.3 is 5.97 Å². The Bertz CT molecular complexity index is 1020. The highest BCUT2D eigenvalue weighted by Gasteiger charge is 2.29. The third kappa shape index (κ3) is 10.4. The van der Waals surface area contributed by atoms with Crippen molar-refractivity contribution in [3.63, 3.8) is 0 Å². The van der Waals surface area contributed by atoms with E-state index in [2.05, 4.69) is 16.0 Å². The van der Waals surface area contributed by atoms with Crippen LogP contribution >= 0.6 is 0 Å². The standard InChI is InChI=1S/C27H37N5O5/c1-18(27(36)37)30-25(34)22(14-8-9-15-28)31-26(35)23(17-20-12-6-3-7-13-20)32-24(33)21(29)16-19-10-4-2-5-11-19/h2-7,10-13,18,21-23H,8-9,14-17,28-29H2,1H3,(H,30,34)(H,31,35)(H,32,33)(H,36,37). The number of hydrogen-bond acceptors (Lipinski definition) is 6. The number of nitrogens with one attached hydrogen (secondary N) is 3. The predicted molar refractivity (Wildman–Crippen MR) is 140 cm³/mol. The molecule has 0 fully saturated rings. The molecule has 10 heteroatoms. The van der Waals surface area contributed by atoms with Gasteiger partial charge in [-0.25, -0.2) is 0 Å². The molecule has 0 aliphatic rings. The van der Waals surface area contributed by atoms with Crippen molar-refractivity contribution in [1.29, 1.82) is 0 Å². The first-order chi connectivity index (χ1) is 17.7. The van der Waals surface area contributed by atoms with Gasteiger partial charge in [0, 0.05) is 6.42 Å². The molecule has 10 nitrogen and oxygen atoms in total. The minimum Gasteiger partial charge on any atom is -0.480 e. The van der Waals surface area contributed by atoms with E-state index in [0.29, 0.717) is 25.8 Å². The summed E-state index contributed by atoms with van der Waals surface area (Å²) in [6.07, 6.45) is 1.92. The Labute approximate surface area is 217 Å². The molecule has 0 saturated carbocycles. The van der Waals surface area contributed by atoms with Gasteiger partial charge in [0.1, 0.15) is 18.1 Å². The molecule has 0 aliphatic heterocycles. The van der Waals surface area contributed by atoms with Gasteiger partial charge in [0.05, 0.1) is 6.04 Å². The molecule has 3 amide bonds. The normalized spacial score (nSPS) is 14.0. The van der Waals surface area contributed by atoms with Gasteiger partial charge in [0.25, 0.3) is 0 Å². The van der Waals surface area contributed by atoms with Crippen molar-refractivity contribution in [3.05, 3.63) is 71.8 Å². The van der Waals surface area contributed by atoms with Crippen molar-refractivity contribution in [1.82, 2.24) is 16.0 Å². The molecular weight excluding hydrogens is 474 g/mol. The fourth-order valence-corrected chi connectivity index (χ4v) is 3.71. The molecule has 8 N–H and O–H groups in total. The van der Waals surface area contributed by atoms with E-state index in [9.17, 15) is 19.2 Å². The monoisotopic (exact) mass is 511 g/mol. The Hall–Kier alpha value is -3.76. The summed E-state index contributed by atoms with van der Waals surface area (Å²) in [6.45, 7) is 1.76. The van der Waals surface area contributed by atoms with Crippen LogP contribution in [-0.4, -0.2) is 59.5 Å². The second-order valence-electron chi connectivity index (χ2n) is 8.96. The Balaban J connectivity index is 2.17. The lowest BCUT2D eigenvalue weighted by Crippen LogP contribution is -2.57. The zero-order valence-corrected chi connectivity index (χ0v) is 21.1. The molecule has 0 saturated heterocycles. The topological polar surface area (TPSA) is 177 Å². The molecule has 0 aromatic heterocycles. The van der Waals surface area contributed by atoms with Crippen molar-refractivity contribution in [2.45, 2.75) is 63.2 Å². The maximum atomic E-state index is 13.3. The smallest absolute Gasteiger partial charge is 0.325 e. The Kier molecular flexibility index (Phi) is 12.2. The average molecular weight is 512 g/mol. The van der Waals surface area contributed by atoms with Gasteiger partial charge < -0.3 is 32.5 Å². The second-order valence-corrected chi connectivity index (χ2v) is 8.96. The minimum atomic E-state index is -1.19. The molecule has 2 aromatic carbocycles. The van der Waals surface area contributed by atoms with E-state index < -0.39 is 47.9 Å². The number of carbonyl (C=O) groups excluding carboxylic acids is 3. The molecule has 0 radical (unpaired) electrons. The van der Waals surface area contributed by atoms with Crippen molar-refractivity contribution in [3.8, 4) is 0 Å². The molecule has 0 aliphatic carbocycles. The van der Waals surface area contributed by atoms with E-state index in [-0.39, 0.29) is 12.8 Å². The molecular formula is C27H37N5O5. The molecule has 4 unspecified atom stereocenters. The first-order valence-electron chi connectivity index (χ1n) is 12.4. The fraction of sp³-hybridized carbons (Fsp3) is 0.407. The highest BCUT2D eigenvalue weighted by atomic mass is 16.4. The SMILES string of the molecule is CC(NC(=O)C(CCCCN)NC(=O)C(Cc1ccccc1)NC(=O)C(N)Cc1ccccc1)C(=O)O. The third-order valence-electron chi connectivity index (χ3n) is 5.86. The van der Waals surface area contributed by atoms with Gasteiger partial charge in [-0.1, -0.05) is 60.7 Å². The lowest BCUT2D eigenvalue weighted by molar-refractivity contribution is -0.141. The van der Waals surface area contributed by atoms with Crippen LogP contribution in [-0.2, 0) is 32.0 Å². The van der Waals surface area contributed by atoms with Crippen LogP contribution in [0.2, 0.25) is 0 Å². The van der Waals surface area contributed by atoms with Crippen LogP contribution in [0, 0.1) is 0 Å². The molecule has 2 rings (SSSR count). The van der Waals surface area contributed by atoms with E-state index in [1.165, 1.54) is 6.92 Å². The summed E-state index contributed by atoms with van der Waals surface area (Å²) in [5, 5.41) is 17.0. The van der Waals surface area contributed by atoms with Gasteiger partial charge in [0.15, 0.2) is 0 Å². The summed E-state index contributed by atoms with van der Waals surface area (Å²) < 4.78 is 0. The quantitative estimate of drug-likeness (QED) is 0.188. The van der Waals surface area contributed by atoms with E-state index in [1.54, 1.807) is 0 Å². The van der Waals surface area contributed by atoms with Crippen LogP contribution in [0.15, 0.2) is 60.7 Å². The molecule has 37 heavy (non-hydrogen) atoms. The molecule has 0 bridgehead atoms. The molecule has 2 aromatic rings. The van der Waals surface area contributed by atoms with E-state index in [0.717, 1.165) is 11.1 Å². The van der Waals surface area contributed by atoms with Crippen molar-refractivity contribution < 1.29 is 24.3 Å². The summed E-state index contributed by atoms with van der Waals surface area (Å²) >= 11 is 0. The van der Waals surface area contributed by atoms with E-state index in [1.807, 2.05) is 60.7 Å². The number of benzene rings is 2. The number of aliphatic carboxylic acids is 1. The summed E-state index contributed by atoms with van der Waals surface area (Å²) in [4.78, 5) is 50.2. The summed E-state index contributed by atoms with van der Waals surface area (Å²) in [7, 11) is 0. The first kappa shape index (κ1) is 29.5. The lowest BCUT2D eigenvalue weighted by atomic mass is 10.0. The van der Waals surface area contributed by atoms with Gasteiger partial charge in [0.2, 0.25) is 17.7 Å². The van der Waals surface area contributed by atoms with Crippen LogP contribution in [0.5, 0.6) is 0 Å². The second kappa shape index (κ2) is 15.4. The number of amides is 3. The highest BCUT2D eigenvalue weighted by Crippen LogP contribution is 2.08. The molecule has 0 spiro atoms. The van der Waals surface area contributed by atoms with Crippen LogP contribution in [0.1, 0.15) is 37.3 Å². The lowest BCUT2D eigenvalue weighted by Gasteiger charge is -2.25. The van der Waals surface area contributed by atoms with Crippen LogP contribution in [0.25, 0.3) is 0 Å². The highest BCUT2D eigenvalue weighted by molar-refractivity contribution is 5.94. The molecule has 4 atom stereocenters. The van der Waals surface area contributed by atoms with Crippen LogP contribution < -0.4 is 27.4 Å². The van der Waals surface area contributed by atoms with Gasteiger partial charge in [-0.2, -0.15) is 0 Å². The fourth-order valence-electron chi connectivity index (χ4n) is 3.71. The van der Waals surface area contributed by atoms with Crippen molar-refractivity contribution in [2.24, 2.45) is 11.5 Å². The minimum absolute atomic E-state index is 0.180. The third-order valence-corrected chi connectivity index (χ3v) is 5.86. The van der Waals surface area contributed by atoms with Crippen molar-refractivity contribution >= 4 is 23.7 Å². The number of carbonyl (C=O) groups is 4. The first-order valence-corrected chi connectivity index (χ1v) is 12.4. The molecule has 200 valence electrons. The summed E-state index contributed by atoms with van der Waals surface area (Å²) in [6, 6.07) is 14.5. The van der Waals surface area contributed by atoms with Gasteiger partial charge in [-0.3, -0.25) is 19.2 Å². The number of nitrogens with two attached hydrogens (primary N) is 2. The number of carboxylic acid groups (broad SMARTS) is 1. The number of hydrogen-bond donors (Lipinski definition) is 6. The number of rotatable bonds is 15. The zero-order chi connectivity index (χ0) is 27.2. The Morgan fingerprint density at radius 1 is 0.757 bits per heavy atom. The Morgan fingerprint density at radius 3 is 1.81 bits per heavy atom. The largest absolute Gasteiger partial charge is 0.480 e. The van der Waals surface area contributed by atoms with Gasteiger partial charge in [-0.15, -0.1) is 0 Å². The van der Waals surface area contributed by atoms with Crippen molar-refractivity contribution in [2.75, 3.05) is 6.54 Å². The number of carboxylic acids is 1. The summed E-state index contributed by atoms with van der Waals surface area (Å²) in [5.74, 6) is -2.88. The number of unbranched alkanes of at least 4 members (excludes halogenated alkanes) is 1. The van der Waals surface area contributed by atoms with Crippen LogP contribution in [0.4, 0.5) is 0 Å². The maximum absolute atomic E-state index is 13.3. The van der Waals surface area contributed by atoms with E-state index in [4.69, 9.17) is 16.6 Å². The van der Waals surface area contributed by atoms with E-state index >= 15 is 0 Å². The average Bonchev–Trinajstić information content (AvgIpc) is 2.88.